The molecule has 0 aliphatic carbocycles. The average molecular weight is 383 g/mol. The lowest BCUT2D eigenvalue weighted by atomic mass is 10.1. The first-order chi connectivity index (χ1) is 13.6. The molecule has 7 heteroatoms. The van der Waals surface area contributed by atoms with E-state index in [4.69, 9.17) is 4.74 Å². The molecule has 2 heterocycles. The predicted molar refractivity (Wildman–Crippen MR) is 111 cm³/mol. The number of hydrogen-bond acceptors (Lipinski definition) is 5. The average Bonchev–Trinajstić information content (AvgIpc) is 2.74. The van der Waals surface area contributed by atoms with Crippen molar-refractivity contribution in [2.45, 2.75) is 6.04 Å². The summed E-state index contributed by atoms with van der Waals surface area (Å²) in [4.78, 5) is 23.2. The first-order valence-corrected chi connectivity index (χ1v) is 9.57. The molecule has 1 aliphatic heterocycles. The Hall–Kier alpha value is -2.80. The number of aromatic nitrogens is 1. The number of urea groups is 1. The van der Waals surface area contributed by atoms with E-state index >= 15 is 0 Å². The number of nitrogens with zero attached hydrogens (tertiary/aromatic N) is 4. The molecule has 0 spiro atoms. The SMILES string of the molecule is COc1ccc(C(CNC(=O)N2CCN(c3ccccn3)CC2)N(C)C)cc1. The monoisotopic (exact) mass is 383 g/mol. The summed E-state index contributed by atoms with van der Waals surface area (Å²) in [6.45, 7) is 3.52. The Balaban J connectivity index is 1.52. The third kappa shape index (κ3) is 4.92. The molecule has 1 aromatic heterocycles. The Bertz CT molecular complexity index is 743. The van der Waals surface area contributed by atoms with E-state index in [1.54, 1.807) is 13.3 Å². The minimum absolute atomic E-state index is 0.0129. The number of piperazine rings is 1. The number of benzene rings is 1. The highest BCUT2D eigenvalue weighted by Crippen LogP contribution is 2.21. The van der Waals surface area contributed by atoms with Gasteiger partial charge in [-0.15, -0.1) is 0 Å². The van der Waals surface area contributed by atoms with Crippen LogP contribution in [0.1, 0.15) is 11.6 Å². The molecular formula is C21H29N5O2. The Morgan fingerprint density at radius 3 is 2.43 bits per heavy atom. The molecule has 1 aromatic carbocycles. The fourth-order valence-corrected chi connectivity index (χ4v) is 3.40. The van der Waals surface area contributed by atoms with Gasteiger partial charge in [0, 0.05) is 38.9 Å². The van der Waals surface area contributed by atoms with Gasteiger partial charge in [-0.1, -0.05) is 18.2 Å². The van der Waals surface area contributed by atoms with Gasteiger partial charge in [-0.25, -0.2) is 9.78 Å². The van der Waals surface area contributed by atoms with Crippen LogP contribution in [-0.2, 0) is 0 Å². The van der Waals surface area contributed by atoms with Crippen molar-refractivity contribution in [2.24, 2.45) is 0 Å². The molecule has 1 aliphatic rings. The molecule has 1 N–H and O–H groups in total. The maximum absolute atomic E-state index is 12.6. The molecule has 1 atom stereocenters. The third-order valence-corrected chi connectivity index (χ3v) is 5.11. The van der Waals surface area contributed by atoms with Crippen molar-refractivity contribution < 1.29 is 9.53 Å². The van der Waals surface area contributed by atoms with Gasteiger partial charge < -0.3 is 24.8 Å². The number of carbonyl (C=O) groups excluding carboxylic acids is 1. The molecule has 3 rings (SSSR count). The molecule has 2 amide bonds. The molecule has 0 radical (unpaired) electrons. The van der Waals surface area contributed by atoms with Gasteiger partial charge in [0.05, 0.1) is 13.2 Å². The fourth-order valence-electron chi connectivity index (χ4n) is 3.40. The lowest BCUT2D eigenvalue weighted by Gasteiger charge is -2.36. The van der Waals surface area contributed by atoms with Crippen molar-refractivity contribution >= 4 is 11.8 Å². The van der Waals surface area contributed by atoms with E-state index in [1.807, 2.05) is 61.5 Å². The van der Waals surface area contributed by atoms with Crippen molar-refractivity contribution in [2.75, 3.05) is 58.8 Å². The Kier molecular flexibility index (Phi) is 6.71. The van der Waals surface area contributed by atoms with E-state index < -0.39 is 0 Å². The van der Waals surface area contributed by atoms with E-state index in [0.29, 0.717) is 19.6 Å². The summed E-state index contributed by atoms with van der Waals surface area (Å²) in [5, 5.41) is 3.10. The van der Waals surface area contributed by atoms with Crippen molar-refractivity contribution in [1.82, 2.24) is 20.1 Å². The Morgan fingerprint density at radius 1 is 1.14 bits per heavy atom. The van der Waals surface area contributed by atoms with Gasteiger partial charge in [0.15, 0.2) is 0 Å². The largest absolute Gasteiger partial charge is 0.497 e. The summed E-state index contributed by atoms with van der Waals surface area (Å²) in [6, 6.07) is 14.0. The summed E-state index contributed by atoms with van der Waals surface area (Å²) in [7, 11) is 5.70. The van der Waals surface area contributed by atoms with Crippen LogP contribution in [0.2, 0.25) is 0 Å². The van der Waals surface area contributed by atoms with E-state index in [1.165, 1.54) is 0 Å². The fraction of sp³-hybridized carbons (Fsp3) is 0.429. The number of likely N-dealkylation sites (N-methyl/N-ethyl adjacent to an activating group) is 1. The zero-order chi connectivity index (χ0) is 19.9. The Labute approximate surface area is 166 Å². The first-order valence-electron chi connectivity index (χ1n) is 9.57. The summed E-state index contributed by atoms with van der Waals surface area (Å²) >= 11 is 0. The third-order valence-electron chi connectivity index (χ3n) is 5.11. The van der Waals surface area contributed by atoms with Gasteiger partial charge in [-0.3, -0.25) is 0 Å². The summed E-state index contributed by atoms with van der Waals surface area (Å²) in [6.07, 6.45) is 1.80. The van der Waals surface area contributed by atoms with Crippen LogP contribution in [0.4, 0.5) is 10.6 Å². The molecule has 1 saturated heterocycles. The minimum atomic E-state index is -0.0129. The highest BCUT2D eigenvalue weighted by Gasteiger charge is 2.23. The maximum atomic E-state index is 12.6. The molecule has 1 fully saturated rings. The van der Waals surface area contributed by atoms with Crippen molar-refractivity contribution in [3.63, 3.8) is 0 Å². The predicted octanol–water partition coefficient (Wildman–Crippen LogP) is 2.22. The number of pyridine rings is 1. The highest BCUT2D eigenvalue weighted by molar-refractivity contribution is 5.74. The van der Waals surface area contributed by atoms with Crippen LogP contribution in [0.25, 0.3) is 0 Å². The number of carbonyl (C=O) groups is 1. The van der Waals surface area contributed by atoms with Crippen LogP contribution in [0.3, 0.4) is 0 Å². The molecule has 1 unspecified atom stereocenters. The van der Waals surface area contributed by atoms with Crippen molar-refractivity contribution in [3.8, 4) is 5.75 Å². The van der Waals surface area contributed by atoms with Crippen LogP contribution in [-0.4, -0.2) is 74.7 Å². The topological polar surface area (TPSA) is 60.9 Å². The van der Waals surface area contributed by atoms with Crippen LogP contribution in [0.15, 0.2) is 48.7 Å². The van der Waals surface area contributed by atoms with E-state index in [9.17, 15) is 4.79 Å². The standard InChI is InChI=1S/C21H29N5O2/c1-24(2)19(17-7-9-18(28-3)10-8-17)16-23-21(27)26-14-12-25(13-15-26)20-6-4-5-11-22-20/h4-11,19H,12-16H2,1-3H3,(H,23,27). The number of rotatable bonds is 6. The zero-order valence-corrected chi connectivity index (χ0v) is 16.8. The first kappa shape index (κ1) is 19.9. The molecule has 2 aromatic rings. The number of methoxy groups -OCH3 is 1. The Morgan fingerprint density at radius 2 is 1.86 bits per heavy atom. The second-order valence-corrected chi connectivity index (χ2v) is 7.10. The zero-order valence-electron chi connectivity index (χ0n) is 16.8. The smallest absolute Gasteiger partial charge is 0.317 e. The molecule has 7 nitrogen and oxygen atoms in total. The van der Waals surface area contributed by atoms with Gasteiger partial charge in [0.25, 0.3) is 0 Å². The molecule has 0 bridgehead atoms. The quantitative estimate of drug-likeness (QED) is 0.829. The van der Waals surface area contributed by atoms with E-state index in [0.717, 1.165) is 30.2 Å². The summed E-state index contributed by atoms with van der Waals surface area (Å²) in [5.41, 5.74) is 1.14. The number of anilines is 1. The second-order valence-electron chi connectivity index (χ2n) is 7.10. The second kappa shape index (κ2) is 9.41. The van der Waals surface area contributed by atoms with Gasteiger partial charge in [-0.2, -0.15) is 0 Å². The lowest BCUT2D eigenvalue weighted by molar-refractivity contribution is 0.189. The lowest BCUT2D eigenvalue weighted by Crippen LogP contribution is -2.52. The molecule has 0 saturated carbocycles. The van der Waals surface area contributed by atoms with Gasteiger partial charge in [-0.05, 0) is 43.9 Å². The molecule has 28 heavy (non-hydrogen) atoms. The van der Waals surface area contributed by atoms with Crippen LogP contribution < -0.4 is 15.0 Å². The maximum Gasteiger partial charge on any atom is 0.317 e. The van der Waals surface area contributed by atoms with E-state index in [2.05, 4.69) is 20.1 Å². The number of hydrogen-bond donors (Lipinski definition) is 1. The number of nitrogens with one attached hydrogen (secondary N) is 1. The van der Waals surface area contributed by atoms with Gasteiger partial charge in [0.2, 0.25) is 0 Å². The van der Waals surface area contributed by atoms with E-state index in [-0.39, 0.29) is 12.1 Å². The molecular weight excluding hydrogens is 354 g/mol. The minimum Gasteiger partial charge on any atom is -0.497 e. The van der Waals surface area contributed by atoms with Crippen molar-refractivity contribution in [1.29, 1.82) is 0 Å². The van der Waals surface area contributed by atoms with Crippen molar-refractivity contribution in [3.05, 3.63) is 54.2 Å². The summed E-state index contributed by atoms with van der Waals surface area (Å²) in [5.74, 6) is 1.80. The summed E-state index contributed by atoms with van der Waals surface area (Å²) < 4.78 is 5.23. The van der Waals surface area contributed by atoms with Gasteiger partial charge >= 0.3 is 6.03 Å². The number of ether oxygens (including phenoxy) is 1. The number of amides is 2. The molecule has 150 valence electrons. The van der Waals surface area contributed by atoms with Crippen LogP contribution in [0, 0.1) is 0 Å². The highest BCUT2D eigenvalue weighted by atomic mass is 16.5. The normalized spacial score (nSPS) is 15.4. The van der Waals surface area contributed by atoms with Crippen LogP contribution in [0.5, 0.6) is 5.75 Å². The van der Waals surface area contributed by atoms with Gasteiger partial charge in [0.1, 0.15) is 11.6 Å². The van der Waals surface area contributed by atoms with Crippen LogP contribution >= 0.6 is 0 Å².